The third kappa shape index (κ3) is 2.61. The summed E-state index contributed by atoms with van der Waals surface area (Å²) >= 11 is 0. The Morgan fingerprint density at radius 2 is 1.92 bits per heavy atom. The summed E-state index contributed by atoms with van der Waals surface area (Å²) in [5, 5.41) is 0. The number of benzene rings is 1. The van der Waals surface area contributed by atoms with Crippen molar-refractivity contribution in [1.29, 1.82) is 0 Å². The molecule has 4 rings (SSSR count). The minimum absolute atomic E-state index is 0.0474. The quantitative estimate of drug-likeness (QED) is 0.736. The molecule has 2 aromatic heterocycles. The lowest BCUT2D eigenvalue weighted by atomic mass is 10.1. The van der Waals surface area contributed by atoms with Gasteiger partial charge in [0.2, 0.25) is 10.0 Å². The molecule has 0 saturated carbocycles. The van der Waals surface area contributed by atoms with Crippen LogP contribution in [0.1, 0.15) is 22.5 Å². The van der Waals surface area contributed by atoms with Gasteiger partial charge in [-0.2, -0.15) is 4.31 Å². The number of hydrogen-bond donors (Lipinski definition) is 0. The van der Waals surface area contributed by atoms with Crippen LogP contribution in [0.15, 0.2) is 48.7 Å². The molecule has 5 nitrogen and oxygen atoms in total. The molecule has 1 aromatic carbocycles. The van der Waals surface area contributed by atoms with E-state index in [1.54, 1.807) is 4.31 Å². The summed E-state index contributed by atoms with van der Waals surface area (Å²) in [6.45, 7) is 2.82. The molecule has 3 heterocycles. The molecule has 0 saturated heterocycles. The number of aryl methyl sites for hydroxylation is 1. The van der Waals surface area contributed by atoms with E-state index >= 15 is 0 Å². The van der Waals surface area contributed by atoms with Crippen LogP contribution in [-0.4, -0.2) is 28.7 Å². The van der Waals surface area contributed by atoms with Gasteiger partial charge in [0.05, 0.1) is 23.7 Å². The summed E-state index contributed by atoms with van der Waals surface area (Å²) in [6, 6.07) is 13.5. The average molecular weight is 341 g/mol. The first-order valence-electron chi connectivity index (χ1n) is 8.02. The van der Waals surface area contributed by atoms with E-state index in [4.69, 9.17) is 0 Å². The van der Waals surface area contributed by atoms with E-state index in [0.29, 0.717) is 19.5 Å². The smallest absolute Gasteiger partial charge is 0.218 e. The highest BCUT2D eigenvalue weighted by atomic mass is 32.2. The zero-order chi connectivity index (χ0) is 16.7. The average Bonchev–Trinajstić information content (AvgIpc) is 2.95. The second-order valence-corrected chi connectivity index (χ2v) is 8.17. The van der Waals surface area contributed by atoms with Crippen molar-refractivity contribution in [2.45, 2.75) is 25.6 Å². The maximum atomic E-state index is 12.9. The van der Waals surface area contributed by atoms with E-state index in [1.807, 2.05) is 60.0 Å². The molecule has 1 aliphatic heterocycles. The molecule has 0 spiro atoms. The molecule has 0 atom stereocenters. The van der Waals surface area contributed by atoms with Crippen molar-refractivity contribution in [2.75, 3.05) is 6.54 Å². The standard InChI is InChI=1S/C18H19N3O2S/c1-14-6-2-3-7-15(14)13-24(22,23)20-11-9-16-17(12-20)21-10-5-4-8-18(21)19-16/h2-8,10H,9,11-13H2,1H3. The van der Waals surface area contributed by atoms with Gasteiger partial charge in [0.15, 0.2) is 0 Å². The van der Waals surface area contributed by atoms with Crippen LogP contribution in [0.4, 0.5) is 0 Å². The van der Waals surface area contributed by atoms with Crippen LogP contribution in [0.5, 0.6) is 0 Å². The van der Waals surface area contributed by atoms with Crippen LogP contribution >= 0.6 is 0 Å². The first kappa shape index (κ1) is 15.4. The summed E-state index contributed by atoms with van der Waals surface area (Å²) in [5.74, 6) is 0.0474. The minimum Gasteiger partial charge on any atom is -0.302 e. The van der Waals surface area contributed by atoms with Crippen LogP contribution < -0.4 is 0 Å². The van der Waals surface area contributed by atoms with Crippen molar-refractivity contribution in [3.8, 4) is 0 Å². The molecule has 0 fully saturated rings. The Balaban J connectivity index is 1.65. The molecular formula is C18H19N3O2S. The van der Waals surface area contributed by atoms with Crippen LogP contribution in [0.25, 0.3) is 5.65 Å². The lowest BCUT2D eigenvalue weighted by Crippen LogP contribution is -2.37. The first-order valence-corrected chi connectivity index (χ1v) is 9.63. The van der Waals surface area contributed by atoms with Gasteiger partial charge < -0.3 is 4.40 Å². The monoisotopic (exact) mass is 341 g/mol. The Morgan fingerprint density at radius 3 is 2.75 bits per heavy atom. The van der Waals surface area contributed by atoms with Crippen molar-refractivity contribution >= 4 is 15.7 Å². The Kier molecular flexibility index (Phi) is 3.66. The van der Waals surface area contributed by atoms with Crippen molar-refractivity contribution in [3.05, 3.63) is 71.2 Å². The van der Waals surface area contributed by atoms with Crippen LogP contribution in [0.2, 0.25) is 0 Å². The highest BCUT2D eigenvalue weighted by Crippen LogP contribution is 2.24. The minimum atomic E-state index is -3.36. The number of sulfonamides is 1. The molecule has 24 heavy (non-hydrogen) atoms. The van der Waals surface area contributed by atoms with Crippen molar-refractivity contribution < 1.29 is 8.42 Å². The molecule has 0 bridgehead atoms. The van der Waals surface area contributed by atoms with Gasteiger partial charge in [-0.3, -0.25) is 0 Å². The fraction of sp³-hybridized carbons (Fsp3) is 0.278. The SMILES string of the molecule is Cc1ccccc1CS(=O)(=O)N1CCc2nc3ccccn3c2C1. The fourth-order valence-electron chi connectivity index (χ4n) is 3.24. The van der Waals surface area contributed by atoms with E-state index in [9.17, 15) is 8.42 Å². The maximum absolute atomic E-state index is 12.9. The molecule has 1 aliphatic rings. The van der Waals surface area contributed by atoms with E-state index in [-0.39, 0.29) is 5.75 Å². The van der Waals surface area contributed by atoms with Gasteiger partial charge in [0, 0.05) is 19.2 Å². The van der Waals surface area contributed by atoms with Gasteiger partial charge in [-0.1, -0.05) is 30.3 Å². The summed E-state index contributed by atoms with van der Waals surface area (Å²) in [4.78, 5) is 4.61. The number of nitrogens with zero attached hydrogens (tertiary/aromatic N) is 3. The van der Waals surface area contributed by atoms with Crippen molar-refractivity contribution in [1.82, 2.24) is 13.7 Å². The topological polar surface area (TPSA) is 54.7 Å². The van der Waals surface area contributed by atoms with Gasteiger partial charge in [-0.15, -0.1) is 0 Å². The van der Waals surface area contributed by atoms with Crippen molar-refractivity contribution in [3.63, 3.8) is 0 Å². The zero-order valence-electron chi connectivity index (χ0n) is 13.5. The number of pyridine rings is 1. The summed E-state index contributed by atoms with van der Waals surface area (Å²) in [6.07, 6.45) is 2.60. The Morgan fingerprint density at radius 1 is 1.12 bits per heavy atom. The second kappa shape index (κ2) is 5.72. The number of aromatic nitrogens is 2. The highest BCUT2D eigenvalue weighted by Gasteiger charge is 2.29. The third-order valence-electron chi connectivity index (χ3n) is 4.63. The number of hydrogen-bond acceptors (Lipinski definition) is 3. The van der Waals surface area contributed by atoms with E-state index in [0.717, 1.165) is 28.2 Å². The lowest BCUT2D eigenvalue weighted by Gasteiger charge is -2.26. The molecule has 0 amide bonds. The lowest BCUT2D eigenvalue weighted by molar-refractivity contribution is 0.383. The molecule has 0 N–H and O–H groups in total. The molecule has 0 unspecified atom stereocenters. The fourth-order valence-corrected chi connectivity index (χ4v) is 4.82. The number of rotatable bonds is 3. The second-order valence-electron chi connectivity index (χ2n) is 6.20. The molecule has 124 valence electrons. The largest absolute Gasteiger partial charge is 0.302 e. The van der Waals surface area contributed by atoms with Crippen LogP contribution in [0.3, 0.4) is 0 Å². The molecule has 0 aliphatic carbocycles. The molecular weight excluding hydrogens is 322 g/mol. The van der Waals surface area contributed by atoms with Crippen LogP contribution in [-0.2, 0) is 28.7 Å². The van der Waals surface area contributed by atoms with Gasteiger partial charge in [0.1, 0.15) is 5.65 Å². The summed E-state index contributed by atoms with van der Waals surface area (Å²) in [5.41, 5.74) is 4.73. The zero-order valence-corrected chi connectivity index (χ0v) is 14.3. The number of imidazole rings is 1. The highest BCUT2D eigenvalue weighted by molar-refractivity contribution is 7.88. The van der Waals surface area contributed by atoms with Crippen molar-refractivity contribution in [2.24, 2.45) is 0 Å². The van der Waals surface area contributed by atoms with Crippen LogP contribution in [0, 0.1) is 6.92 Å². The number of fused-ring (bicyclic) bond motifs is 3. The molecule has 3 aromatic rings. The maximum Gasteiger partial charge on any atom is 0.218 e. The van der Waals surface area contributed by atoms with E-state index in [2.05, 4.69) is 4.98 Å². The normalized spacial score (nSPS) is 15.5. The predicted octanol–water partition coefficient (Wildman–Crippen LogP) is 2.53. The van der Waals surface area contributed by atoms with E-state index < -0.39 is 10.0 Å². The van der Waals surface area contributed by atoms with Gasteiger partial charge in [-0.25, -0.2) is 13.4 Å². The predicted molar refractivity (Wildman–Crippen MR) is 93.1 cm³/mol. The first-order chi connectivity index (χ1) is 11.5. The summed E-state index contributed by atoms with van der Waals surface area (Å²) < 4.78 is 29.3. The Bertz CT molecular complexity index is 1010. The van der Waals surface area contributed by atoms with E-state index in [1.165, 1.54) is 0 Å². The van der Waals surface area contributed by atoms with Gasteiger partial charge in [0.25, 0.3) is 0 Å². The molecule has 6 heteroatoms. The summed E-state index contributed by atoms with van der Waals surface area (Å²) in [7, 11) is -3.36. The molecule has 0 radical (unpaired) electrons. The third-order valence-corrected chi connectivity index (χ3v) is 6.40. The Labute approximate surface area is 141 Å². The van der Waals surface area contributed by atoms with Gasteiger partial charge >= 0.3 is 0 Å². The van der Waals surface area contributed by atoms with Gasteiger partial charge in [-0.05, 0) is 30.2 Å². The Hall–Kier alpha value is -2.18.